The molecule has 7 nitrogen and oxygen atoms in total. The van der Waals surface area contributed by atoms with E-state index in [1.807, 2.05) is 49.4 Å². The Balaban J connectivity index is 1.58. The minimum absolute atomic E-state index is 0.0519. The second-order valence-electron chi connectivity index (χ2n) is 8.74. The quantitative estimate of drug-likeness (QED) is 0.663. The summed E-state index contributed by atoms with van der Waals surface area (Å²) in [7, 11) is 0. The first-order valence-corrected chi connectivity index (χ1v) is 11.2. The molecule has 0 atom stereocenters. The molecule has 0 radical (unpaired) electrons. The second kappa shape index (κ2) is 7.89. The highest BCUT2D eigenvalue weighted by atomic mass is 16.2. The van der Waals surface area contributed by atoms with Gasteiger partial charge in [0.15, 0.2) is 0 Å². The van der Waals surface area contributed by atoms with Crippen molar-refractivity contribution in [1.82, 2.24) is 20.2 Å². The van der Waals surface area contributed by atoms with Crippen LogP contribution in [0.1, 0.15) is 59.8 Å². The first kappa shape index (κ1) is 20.4. The predicted octanol–water partition coefficient (Wildman–Crippen LogP) is 3.32. The standard InChI is InChI=1S/C25H27N5O2/c1-2-27-23(32)25(11-5-6-12-25)18-9-10-20-19(13-18)21(29-24(26)28-20)22(31)30-14-16-7-3-4-8-17(16)15-30/h3-4,7-10,13H,2,5-6,11-12,14-15H2,1H3,(H,27,32)(H2,26,28,29). The van der Waals surface area contributed by atoms with Crippen molar-refractivity contribution in [2.75, 3.05) is 12.3 Å². The maximum atomic E-state index is 13.5. The molecule has 1 fully saturated rings. The number of aromatic nitrogens is 2. The summed E-state index contributed by atoms with van der Waals surface area (Å²) in [6, 6.07) is 13.8. The number of amides is 2. The topological polar surface area (TPSA) is 101 Å². The van der Waals surface area contributed by atoms with E-state index in [1.54, 1.807) is 4.90 Å². The number of rotatable bonds is 4. The number of nitrogens with zero attached hydrogens (tertiary/aromatic N) is 3. The van der Waals surface area contributed by atoms with Crippen LogP contribution in [-0.2, 0) is 23.3 Å². The average molecular weight is 430 g/mol. The third kappa shape index (κ3) is 3.28. The van der Waals surface area contributed by atoms with Crippen LogP contribution in [0.15, 0.2) is 42.5 Å². The summed E-state index contributed by atoms with van der Waals surface area (Å²) in [5.41, 5.74) is 9.51. The zero-order chi connectivity index (χ0) is 22.3. The summed E-state index contributed by atoms with van der Waals surface area (Å²) in [6.45, 7) is 3.61. The number of benzene rings is 2. The van der Waals surface area contributed by atoms with Crippen molar-refractivity contribution >= 4 is 28.7 Å². The second-order valence-corrected chi connectivity index (χ2v) is 8.74. The normalized spacial score (nSPS) is 16.8. The largest absolute Gasteiger partial charge is 0.368 e. The molecule has 0 unspecified atom stereocenters. The van der Waals surface area contributed by atoms with Crippen molar-refractivity contribution in [1.29, 1.82) is 0 Å². The summed E-state index contributed by atoms with van der Waals surface area (Å²) >= 11 is 0. The molecule has 3 aromatic rings. The number of nitrogens with one attached hydrogen (secondary N) is 1. The number of nitrogens with two attached hydrogens (primary N) is 1. The van der Waals surface area contributed by atoms with E-state index in [0.717, 1.165) is 42.4 Å². The Morgan fingerprint density at radius 2 is 1.75 bits per heavy atom. The molecule has 32 heavy (non-hydrogen) atoms. The van der Waals surface area contributed by atoms with Crippen molar-refractivity contribution in [3.05, 3.63) is 64.8 Å². The Labute approximate surface area is 187 Å². The Morgan fingerprint density at radius 1 is 1.06 bits per heavy atom. The first-order chi connectivity index (χ1) is 15.5. The Hall–Kier alpha value is -3.48. The van der Waals surface area contributed by atoms with E-state index in [0.29, 0.717) is 36.2 Å². The van der Waals surface area contributed by atoms with Gasteiger partial charge in [0.05, 0.1) is 10.9 Å². The van der Waals surface area contributed by atoms with Gasteiger partial charge in [-0.15, -0.1) is 0 Å². The molecule has 0 bridgehead atoms. The van der Waals surface area contributed by atoms with Crippen LogP contribution in [0.3, 0.4) is 0 Å². The van der Waals surface area contributed by atoms with Crippen LogP contribution in [0.4, 0.5) is 5.95 Å². The molecule has 164 valence electrons. The van der Waals surface area contributed by atoms with Crippen LogP contribution < -0.4 is 11.1 Å². The summed E-state index contributed by atoms with van der Waals surface area (Å²) in [5, 5.41) is 3.66. The number of fused-ring (bicyclic) bond motifs is 2. The van der Waals surface area contributed by atoms with E-state index in [-0.39, 0.29) is 17.8 Å². The zero-order valence-corrected chi connectivity index (χ0v) is 18.2. The minimum atomic E-state index is -0.574. The number of carbonyl (C=O) groups is 2. The van der Waals surface area contributed by atoms with Gasteiger partial charge in [0.25, 0.3) is 5.91 Å². The summed E-state index contributed by atoms with van der Waals surface area (Å²) in [5.74, 6) is -0.0448. The Kier molecular flexibility index (Phi) is 5.04. The van der Waals surface area contributed by atoms with Gasteiger partial charge in [0.1, 0.15) is 5.69 Å². The summed E-state index contributed by atoms with van der Waals surface area (Å²) in [4.78, 5) is 37.1. The fraction of sp³-hybridized carbons (Fsp3) is 0.360. The molecule has 1 aliphatic heterocycles. The van der Waals surface area contributed by atoms with E-state index in [1.165, 1.54) is 0 Å². The van der Waals surface area contributed by atoms with Crippen LogP contribution in [0, 0.1) is 0 Å². The molecule has 7 heteroatoms. The minimum Gasteiger partial charge on any atom is -0.368 e. The highest BCUT2D eigenvalue weighted by Crippen LogP contribution is 2.42. The van der Waals surface area contributed by atoms with E-state index in [9.17, 15) is 9.59 Å². The van der Waals surface area contributed by atoms with E-state index in [2.05, 4.69) is 15.3 Å². The van der Waals surface area contributed by atoms with Gasteiger partial charge in [-0.2, -0.15) is 0 Å². The monoisotopic (exact) mass is 429 g/mol. The lowest BCUT2D eigenvalue weighted by molar-refractivity contribution is -0.126. The van der Waals surface area contributed by atoms with Gasteiger partial charge in [-0.25, -0.2) is 9.97 Å². The van der Waals surface area contributed by atoms with Gasteiger partial charge in [-0.05, 0) is 48.6 Å². The summed E-state index contributed by atoms with van der Waals surface area (Å²) in [6.07, 6.45) is 3.60. The molecule has 1 aromatic heterocycles. The molecule has 1 aliphatic carbocycles. The number of likely N-dealkylation sites (N-methyl/N-ethyl adjacent to an activating group) is 1. The highest BCUT2D eigenvalue weighted by Gasteiger charge is 2.42. The smallest absolute Gasteiger partial charge is 0.273 e. The molecule has 2 aliphatic rings. The van der Waals surface area contributed by atoms with Gasteiger partial charge in [-0.1, -0.05) is 43.2 Å². The average Bonchev–Trinajstić information content (AvgIpc) is 3.46. The maximum Gasteiger partial charge on any atom is 0.273 e. The van der Waals surface area contributed by atoms with Crippen LogP contribution >= 0.6 is 0 Å². The third-order valence-corrected chi connectivity index (χ3v) is 6.83. The van der Waals surface area contributed by atoms with Crippen LogP contribution in [0.2, 0.25) is 0 Å². The molecule has 2 aromatic carbocycles. The molecule has 0 spiro atoms. The summed E-state index contributed by atoms with van der Waals surface area (Å²) < 4.78 is 0. The first-order valence-electron chi connectivity index (χ1n) is 11.2. The van der Waals surface area contributed by atoms with Crippen molar-refractivity contribution in [3.8, 4) is 0 Å². The van der Waals surface area contributed by atoms with Crippen molar-refractivity contribution in [3.63, 3.8) is 0 Å². The van der Waals surface area contributed by atoms with Gasteiger partial charge in [-0.3, -0.25) is 9.59 Å². The highest BCUT2D eigenvalue weighted by molar-refractivity contribution is 6.05. The third-order valence-electron chi connectivity index (χ3n) is 6.83. The molecule has 1 saturated carbocycles. The number of carbonyl (C=O) groups excluding carboxylic acids is 2. The predicted molar refractivity (Wildman–Crippen MR) is 123 cm³/mol. The van der Waals surface area contributed by atoms with Crippen LogP contribution in [0.25, 0.3) is 10.9 Å². The number of hydrogen-bond acceptors (Lipinski definition) is 5. The lowest BCUT2D eigenvalue weighted by Crippen LogP contribution is -2.42. The van der Waals surface area contributed by atoms with Crippen LogP contribution in [0.5, 0.6) is 0 Å². The van der Waals surface area contributed by atoms with Crippen molar-refractivity contribution in [2.24, 2.45) is 0 Å². The van der Waals surface area contributed by atoms with Gasteiger partial charge < -0.3 is 16.0 Å². The molecule has 2 amide bonds. The van der Waals surface area contributed by atoms with Gasteiger partial charge in [0.2, 0.25) is 11.9 Å². The van der Waals surface area contributed by atoms with Crippen molar-refractivity contribution in [2.45, 2.75) is 51.1 Å². The zero-order valence-electron chi connectivity index (χ0n) is 18.2. The van der Waals surface area contributed by atoms with Crippen molar-refractivity contribution < 1.29 is 9.59 Å². The van der Waals surface area contributed by atoms with E-state index < -0.39 is 5.41 Å². The Morgan fingerprint density at radius 3 is 2.41 bits per heavy atom. The fourth-order valence-electron chi connectivity index (χ4n) is 5.19. The lowest BCUT2D eigenvalue weighted by Gasteiger charge is -2.28. The van der Waals surface area contributed by atoms with Gasteiger partial charge >= 0.3 is 0 Å². The molecule has 3 N–H and O–H groups in total. The van der Waals surface area contributed by atoms with Gasteiger partial charge in [0, 0.05) is 25.0 Å². The lowest BCUT2D eigenvalue weighted by atomic mass is 9.77. The number of anilines is 1. The fourth-order valence-corrected chi connectivity index (χ4v) is 5.19. The Bertz CT molecular complexity index is 1190. The van der Waals surface area contributed by atoms with Crippen LogP contribution in [-0.4, -0.2) is 33.2 Å². The number of hydrogen-bond donors (Lipinski definition) is 2. The molecular weight excluding hydrogens is 402 g/mol. The maximum absolute atomic E-state index is 13.5. The molecular formula is C25H27N5O2. The van der Waals surface area contributed by atoms with E-state index in [4.69, 9.17) is 5.73 Å². The molecule has 0 saturated heterocycles. The molecule has 5 rings (SSSR count). The molecule has 2 heterocycles. The SMILES string of the molecule is CCNC(=O)C1(c2ccc3nc(N)nc(C(=O)N4Cc5ccccc5C4)c3c2)CCCC1. The number of nitrogen functional groups attached to an aromatic ring is 1. The van der Waals surface area contributed by atoms with E-state index >= 15 is 0 Å².